The van der Waals surface area contributed by atoms with Gasteiger partial charge in [0.05, 0.1) is 0 Å². The summed E-state index contributed by atoms with van der Waals surface area (Å²) in [4.78, 5) is 0. The van der Waals surface area contributed by atoms with E-state index in [1.54, 1.807) is 12.1 Å². The van der Waals surface area contributed by atoms with Crippen LogP contribution in [0.3, 0.4) is 0 Å². The van der Waals surface area contributed by atoms with Gasteiger partial charge in [-0.2, -0.15) is 0 Å². The Morgan fingerprint density at radius 1 is 1.10 bits per heavy atom. The van der Waals surface area contributed by atoms with Gasteiger partial charge in [0.25, 0.3) is 0 Å². The van der Waals surface area contributed by atoms with Crippen LogP contribution in [-0.4, -0.2) is 0 Å². The molecule has 0 fully saturated rings. The summed E-state index contributed by atoms with van der Waals surface area (Å²) in [5, 5.41) is 0. The van der Waals surface area contributed by atoms with Gasteiger partial charge in [0, 0.05) is 11.3 Å². The molecule has 0 radical (unpaired) electrons. The van der Waals surface area contributed by atoms with Gasteiger partial charge in [0.1, 0.15) is 18.2 Å². The molecule has 0 aromatic heterocycles. The van der Waals surface area contributed by atoms with Crippen LogP contribution in [0.5, 0.6) is 5.75 Å². The molecule has 0 aliphatic heterocycles. The number of anilines is 1. The van der Waals surface area contributed by atoms with Crippen molar-refractivity contribution in [1.82, 2.24) is 0 Å². The fraction of sp³-hybridized carbons (Fsp3) is 0.333. The molecule has 0 unspecified atom stereocenters. The molecule has 0 aliphatic rings. The molecule has 0 aliphatic carbocycles. The molecule has 0 saturated heterocycles. The highest BCUT2D eigenvalue weighted by atomic mass is 19.1. The van der Waals surface area contributed by atoms with Gasteiger partial charge in [-0.1, -0.05) is 39.0 Å². The first-order valence-corrected chi connectivity index (χ1v) is 7.20. The Morgan fingerprint density at radius 2 is 1.76 bits per heavy atom. The molecular formula is C18H22FNO. The smallest absolute Gasteiger partial charge is 0.131 e. The molecule has 2 N–H and O–H groups in total. The average molecular weight is 287 g/mol. The number of hydrogen-bond acceptors (Lipinski definition) is 2. The van der Waals surface area contributed by atoms with Gasteiger partial charge < -0.3 is 10.5 Å². The molecule has 112 valence electrons. The first-order valence-electron chi connectivity index (χ1n) is 7.20. The highest BCUT2D eigenvalue weighted by Crippen LogP contribution is 2.28. The van der Waals surface area contributed by atoms with Crippen LogP contribution in [0.2, 0.25) is 0 Å². The number of halogens is 1. The Morgan fingerprint density at radius 3 is 2.33 bits per heavy atom. The fourth-order valence-electron chi connectivity index (χ4n) is 2.09. The Hall–Kier alpha value is -2.03. The zero-order chi connectivity index (χ0) is 15.5. The molecule has 0 atom stereocenters. The summed E-state index contributed by atoms with van der Waals surface area (Å²) in [7, 11) is 0. The maximum absolute atomic E-state index is 13.7. The summed E-state index contributed by atoms with van der Waals surface area (Å²) in [6, 6.07) is 12.6. The van der Waals surface area contributed by atoms with Crippen LogP contribution < -0.4 is 10.5 Å². The first-order chi connectivity index (χ1) is 9.94. The van der Waals surface area contributed by atoms with E-state index in [-0.39, 0.29) is 17.8 Å². The van der Waals surface area contributed by atoms with Crippen molar-refractivity contribution in [2.75, 3.05) is 5.73 Å². The van der Waals surface area contributed by atoms with E-state index in [1.807, 2.05) is 12.1 Å². The minimum absolute atomic E-state index is 0.134. The SMILES string of the molecule is CCC(C)(C)c1ccc(OCc2c(N)cccc2F)cc1. The molecule has 0 heterocycles. The maximum atomic E-state index is 13.7. The lowest BCUT2D eigenvalue weighted by atomic mass is 9.82. The predicted molar refractivity (Wildman–Crippen MR) is 84.9 cm³/mol. The quantitative estimate of drug-likeness (QED) is 0.811. The third kappa shape index (κ3) is 3.54. The highest BCUT2D eigenvalue weighted by molar-refractivity contribution is 5.47. The van der Waals surface area contributed by atoms with Crippen LogP contribution in [0.25, 0.3) is 0 Å². The van der Waals surface area contributed by atoms with Crippen molar-refractivity contribution in [3.05, 3.63) is 59.4 Å². The molecule has 2 aromatic carbocycles. The second kappa shape index (κ2) is 6.17. The molecule has 0 bridgehead atoms. The molecule has 0 spiro atoms. The number of nitrogen functional groups attached to an aromatic ring is 1. The topological polar surface area (TPSA) is 35.2 Å². The molecule has 2 nitrogen and oxygen atoms in total. The Bertz CT molecular complexity index is 585. The number of ether oxygens (including phenoxy) is 1. The van der Waals surface area contributed by atoms with Gasteiger partial charge in [0.15, 0.2) is 0 Å². The van der Waals surface area contributed by atoms with Gasteiger partial charge in [-0.15, -0.1) is 0 Å². The lowest BCUT2D eigenvalue weighted by Crippen LogP contribution is -2.15. The van der Waals surface area contributed by atoms with Crippen molar-refractivity contribution in [2.24, 2.45) is 0 Å². The summed E-state index contributed by atoms with van der Waals surface area (Å²) in [5.41, 5.74) is 7.99. The van der Waals surface area contributed by atoms with E-state index >= 15 is 0 Å². The predicted octanol–water partition coefficient (Wildman–Crippen LogP) is 4.67. The summed E-state index contributed by atoms with van der Waals surface area (Å²) in [5.74, 6) is 0.382. The zero-order valence-corrected chi connectivity index (χ0v) is 12.8. The van der Waals surface area contributed by atoms with Crippen molar-refractivity contribution in [1.29, 1.82) is 0 Å². The monoisotopic (exact) mass is 287 g/mol. The van der Waals surface area contributed by atoms with Gasteiger partial charge >= 0.3 is 0 Å². The van der Waals surface area contributed by atoms with Crippen LogP contribution in [0.4, 0.5) is 10.1 Å². The lowest BCUT2D eigenvalue weighted by molar-refractivity contribution is 0.300. The summed E-state index contributed by atoms with van der Waals surface area (Å²) < 4.78 is 19.3. The first kappa shape index (κ1) is 15.4. The second-order valence-electron chi connectivity index (χ2n) is 5.86. The minimum atomic E-state index is -0.335. The van der Waals surface area contributed by atoms with Crippen molar-refractivity contribution in [2.45, 2.75) is 39.2 Å². The van der Waals surface area contributed by atoms with E-state index in [1.165, 1.54) is 11.6 Å². The molecule has 2 aromatic rings. The third-order valence-corrected chi connectivity index (χ3v) is 4.06. The highest BCUT2D eigenvalue weighted by Gasteiger charge is 2.17. The van der Waals surface area contributed by atoms with Gasteiger partial charge in [-0.3, -0.25) is 0 Å². The molecule has 0 amide bonds. The maximum Gasteiger partial charge on any atom is 0.131 e. The zero-order valence-electron chi connectivity index (χ0n) is 12.8. The summed E-state index contributed by atoms with van der Waals surface area (Å²) in [6.07, 6.45) is 1.07. The largest absolute Gasteiger partial charge is 0.489 e. The number of rotatable bonds is 5. The van der Waals surface area contributed by atoms with E-state index in [2.05, 4.69) is 32.9 Å². The Balaban J connectivity index is 2.08. The van der Waals surface area contributed by atoms with E-state index in [9.17, 15) is 4.39 Å². The number of benzene rings is 2. The molecule has 0 saturated carbocycles. The molecule has 2 rings (SSSR count). The second-order valence-corrected chi connectivity index (χ2v) is 5.86. The summed E-state index contributed by atoms with van der Waals surface area (Å²) >= 11 is 0. The summed E-state index contributed by atoms with van der Waals surface area (Å²) in [6.45, 7) is 6.73. The van der Waals surface area contributed by atoms with Gasteiger partial charge in [-0.25, -0.2) is 4.39 Å². The van der Waals surface area contributed by atoms with E-state index < -0.39 is 0 Å². The van der Waals surface area contributed by atoms with Crippen LogP contribution in [0.15, 0.2) is 42.5 Å². The van der Waals surface area contributed by atoms with Crippen LogP contribution in [0.1, 0.15) is 38.3 Å². The fourth-order valence-corrected chi connectivity index (χ4v) is 2.09. The van der Waals surface area contributed by atoms with E-state index in [4.69, 9.17) is 10.5 Å². The number of nitrogens with two attached hydrogens (primary N) is 1. The van der Waals surface area contributed by atoms with Crippen LogP contribution in [0, 0.1) is 5.82 Å². The van der Waals surface area contributed by atoms with Crippen molar-refractivity contribution in [3.8, 4) is 5.75 Å². The average Bonchev–Trinajstić information content (AvgIpc) is 2.47. The van der Waals surface area contributed by atoms with Crippen molar-refractivity contribution >= 4 is 5.69 Å². The lowest BCUT2D eigenvalue weighted by Gasteiger charge is -2.23. The standard InChI is InChI=1S/C18H22FNO/c1-4-18(2,3)13-8-10-14(11-9-13)21-12-15-16(19)6-5-7-17(15)20/h5-11H,4,12,20H2,1-3H3. The van der Waals surface area contributed by atoms with Crippen molar-refractivity contribution in [3.63, 3.8) is 0 Å². The van der Waals surface area contributed by atoms with E-state index in [0.29, 0.717) is 17.0 Å². The normalized spacial score (nSPS) is 11.4. The van der Waals surface area contributed by atoms with Crippen LogP contribution >= 0.6 is 0 Å². The van der Waals surface area contributed by atoms with E-state index in [0.717, 1.165) is 6.42 Å². The minimum Gasteiger partial charge on any atom is -0.489 e. The Labute approximate surface area is 125 Å². The van der Waals surface area contributed by atoms with Gasteiger partial charge in [-0.05, 0) is 41.7 Å². The van der Waals surface area contributed by atoms with Crippen molar-refractivity contribution < 1.29 is 9.13 Å². The Kier molecular flexibility index (Phi) is 4.51. The third-order valence-electron chi connectivity index (χ3n) is 4.06. The molecule has 21 heavy (non-hydrogen) atoms. The molecular weight excluding hydrogens is 265 g/mol. The molecule has 3 heteroatoms. The number of hydrogen-bond donors (Lipinski definition) is 1. The van der Waals surface area contributed by atoms with Crippen LogP contribution in [-0.2, 0) is 12.0 Å². The van der Waals surface area contributed by atoms with Gasteiger partial charge in [0.2, 0.25) is 0 Å².